The highest BCUT2D eigenvalue weighted by molar-refractivity contribution is 5.22. The molecule has 1 rings (SSSR count). The average molecular weight is 195 g/mol. The molecule has 14 heavy (non-hydrogen) atoms. The van der Waals surface area contributed by atoms with Gasteiger partial charge in [0.25, 0.3) is 0 Å². The van der Waals surface area contributed by atoms with Crippen LogP contribution in [0, 0.1) is 6.92 Å². The molecule has 0 aliphatic carbocycles. The molecule has 3 nitrogen and oxygen atoms in total. The molecule has 0 radical (unpaired) electrons. The highest BCUT2D eigenvalue weighted by Gasteiger charge is 2.22. The van der Waals surface area contributed by atoms with Gasteiger partial charge in [-0.25, -0.2) is 4.98 Å². The molecule has 0 bridgehead atoms. The Kier molecular flexibility index (Phi) is 3.00. The zero-order valence-electron chi connectivity index (χ0n) is 9.89. The Morgan fingerprint density at radius 1 is 1.36 bits per heavy atom. The summed E-state index contributed by atoms with van der Waals surface area (Å²) in [4.78, 5) is 4.65. The third-order valence-corrected chi connectivity index (χ3v) is 2.55. The maximum Gasteiger partial charge on any atom is 0.110 e. The van der Waals surface area contributed by atoms with Crippen LogP contribution in [-0.4, -0.2) is 16.1 Å². The lowest BCUT2D eigenvalue weighted by atomic mass is 9.91. The number of nitrogens with zero attached hydrogens (tertiary/aromatic N) is 2. The first-order valence-corrected chi connectivity index (χ1v) is 5.10. The minimum atomic E-state index is 0.120. The smallest absolute Gasteiger partial charge is 0.110 e. The summed E-state index contributed by atoms with van der Waals surface area (Å²) in [7, 11) is 2.06. The van der Waals surface area contributed by atoms with Gasteiger partial charge in [-0.2, -0.15) is 0 Å². The molecule has 0 fully saturated rings. The Bertz CT molecular complexity index is 318. The lowest BCUT2D eigenvalue weighted by Crippen LogP contribution is -2.13. The van der Waals surface area contributed by atoms with E-state index in [9.17, 15) is 0 Å². The molecule has 0 aliphatic rings. The van der Waals surface area contributed by atoms with Gasteiger partial charge in [-0.3, -0.25) is 0 Å². The Morgan fingerprint density at radius 3 is 2.29 bits per heavy atom. The van der Waals surface area contributed by atoms with Crippen molar-refractivity contribution < 1.29 is 0 Å². The number of hydrogen-bond acceptors (Lipinski definition) is 2. The molecule has 0 aromatic carbocycles. The topological polar surface area (TPSA) is 43.8 Å². The molecule has 0 atom stereocenters. The molecule has 80 valence electrons. The average Bonchev–Trinajstić information content (AvgIpc) is 2.32. The fourth-order valence-electron chi connectivity index (χ4n) is 1.70. The summed E-state index contributed by atoms with van der Waals surface area (Å²) in [6.07, 6.45) is 0.855. The van der Waals surface area contributed by atoms with Crippen molar-refractivity contribution in [2.24, 2.45) is 12.8 Å². The van der Waals surface area contributed by atoms with Crippen LogP contribution < -0.4 is 5.73 Å². The molecule has 0 amide bonds. The molecular weight excluding hydrogens is 174 g/mol. The van der Waals surface area contributed by atoms with E-state index in [0.717, 1.165) is 12.2 Å². The summed E-state index contributed by atoms with van der Waals surface area (Å²) in [5.74, 6) is 1.09. The van der Waals surface area contributed by atoms with Crippen LogP contribution in [0.25, 0.3) is 0 Å². The van der Waals surface area contributed by atoms with Crippen LogP contribution in [0.4, 0.5) is 0 Å². The van der Waals surface area contributed by atoms with Crippen molar-refractivity contribution >= 4 is 0 Å². The maximum atomic E-state index is 5.54. The van der Waals surface area contributed by atoms with Gasteiger partial charge < -0.3 is 10.3 Å². The normalized spacial score (nSPS) is 12.1. The molecule has 0 saturated carbocycles. The molecule has 2 N–H and O–H groups in total. The SMILES string of the molecule is Cc1c(C(C)(C)C)nc(CCN)n1C. The number of aromatic nitrogens is 2. The molecular formula is C11H21N3. The minimum Gasteiger partial charge on any atom is -0.335 e. The van der Waals surface area contributed by atoms with Crippen LogP contribution >= 0.6 is 0 Å². The van der Waals surface area contributed by atoms with Crippen LogP contribution in [0.3, 0.4) is 0 Å². The van der Waals surface area contributed by atoms with Crippen LogP contribution in [0.15, 0.2) is 0 Å². The van der Waals surface area contributed by atoms with Crippen molar-refractivity contribution in [1.29, 1.82) is 0 Å². The number of imidazole rings is 1. The molecule has 0 aliphatic heterocycles. The van der Waals surface area contributed by atoms with Crippen molar-refractivity contribution in [3.63, 3.8) is 0 Å². The van der Waals surface area contributed by atoms with Crippen molar-refractivity contribution in [3.8, 4) is 0 Å². The van der Waals surface area contributed by atoms with Crippen LogP contribution in [0.5, 0.6) is 0 Å². The third-order valence-electron chi connectivity index (χ3n) is 2.55. The Hall–Kier alpha value is -0.830. The van der Waals surface area contributed by atoms with E-state index in [4.69, 9.17) is 5.73 Å². The maximum absolute atomic E-state index is 5.54. The highest BCUT2D eigenvalue weighted by Crippen LogP contribution is 2.24. The summed E-state index contributed by atoms with van der Waals surface area (Å²) in [6.45, 7) is 9.35. The zero-order chi connectivity index (χ0) is 10.9. The predicted octanol–water partition coefficient (Wildman–Crippen LogP) is 1.53. The van der Waals surface area contributed by atoms with Crippen LogP contribution in [0.1, 0.15) is 38.0 Å². The molecule has 1 aromatic heterocycles. The first kappa shape index (κ1) is 11.2. The lowest BCUT2D eigenvalue weighted by molar-refractivity contribution is 0.565. The van der Waals surface area contributed by atoms with Crippen LogP contribution in [-0.2, 0) is 18.9 Å². The second-order valence-electron chi connectivity index (χ2n) is 4.81. The summed E-state index contributed by atoms with van der Waals surface area (Å²) >= 11 is 0. The van der Waals surface area contributed by atoms with E-state index in [2.05, 4.69) is 44.3 Å². The first-order valence-electron chi connectivity index (χ1n) is 5.10. The van der Waals surface area contributed by atoms with E-state index in [1.54, 1.807) is 0 Å². The highest BCUT2D eigenvalue weighted by atomic mass is 15.1. The lowest BCUT2D eigenvalue weighted by Gasteiger charge is -2.16. The fraction of sp³-hybridized carbons (Fsp3) is 0.727. The molecule has 0 unspecified atom stereocenters. The van der Waals surface area contributed by atoms with Gasteiger partial charge in [-0.1, -0.05) is 20.8 Å². The Labute approximate surface area is 86.3 Å². The summed E-state index contributed by atoms with van der Waals surface area (Å²) in [5.41, 5.74) is 8.10. The molecule has 0 saturated heterocycles. The largest absolute Gasteiger partial charge is 0.335 e. The van der Waals surface area contributed by atoms with Gasteiger partial charge in [-0.05, 0) is 13.5 Å². The van der Waals surface area contributed by atoms with Gasteiger partial charge in [0, 0.05) is 24.6 Å². The van der Waals surface area contributed by atoms with Crippen molar-refractivity contribution in [3.05, 3.63) is 17.2 Å². The van der Waals surface area contributed by atoms with E-state index in [0.29, 0.717) is 6.54 Å². The van der Waals surface area contributed by atoms with E-state index in [1.807, 2.05) is 0 Å². The Balaban J connectivity index is 3.15. The number of nitrogens with two attached hydrogens (primary N) is 1. The monoisotopic (exact) mass is 195 g/mol. The van der Waals surface area contributed by atoms with Gasteiger partial charge in [0.2, 0.25) is 0 Å². The van der Waals surface area contributed by atoms with E-state index in [1.165, 1.54) is 11.4 Å². The Morgan fingerprint density at radius 2 is 1.93 bits per heavy atom. The van der Waals surface area contributed by atoms with Gasteiger partial charge >= 0.3 is 0 Å². The molecule has 1 aromatic rings. The summed E-state index contributed by atoms with van der Waals surface area (Å²) in [5, 5.41) is 0. The summed E-state index contributed by atoms with van der Waals surface area (Å²) in [6, 6.07) is 0. The number of hydrogen-bond donors (Lipinski definition) is 1. The predicted molar refractivity (Wildman–Crippen MR) is 59.4 cm³/mol. The van der Waals surface area contributed by atoms with E-state index >= 15 is 0 Å². The van der Waals surface area contributed by atoms with Crippen LogP contribution in [0.2, 0.25) is 0 Å². The van der Waals surface area contributed by atoms with Gasteiger partial charge in [0.1, 0.15) is 5.82 Å². The summed E-state index contributed by atoms with van der Waals surface area (Å²) < 4.78 is 2.15. The van der Waals surface area contributed by atoms with Crippen molar-refractivity contribution in [2.45, 2.75) is 39.5 Å². The quantitative estimate of drug-likeness (QED) is 0.777. The third kappa shape index (κ3) is 1.98. The fourth-order valence-corrected chi connectivity index (χ4v) is 1.70. The van der Waals surface area contributed by atoms with E-state index in [-0.39, 0.29) is 5.41 Å². The van der Waals surface area contributed by atoms with Crippen molar-refractivity contribution in [1.82, 2.24) is 9.55 Å². The second kappa shape index (κ2) is 3.73. The minimum absolute atomic E-state index is 0.120. The van der Waals surface area contributed by atoms with Gasteiger partial charge in [0.15, 0.2) is 0 Å². The standard InChI is InChI=1S/C11H21N3/c1-8-10(11(2,3)4)13-9(6-7-12)14(8)5/h6-7,12H2,1-5H3. The zero-order valence-corrected chi connectivity index (χ0v) is 9.89. The molecule has 3 heteroatoms. The van der Waals surface area contributed by atoms with Gasteiger partial charge in [-0.15, -0.1) is 0 Å². The van der Waals surface area contributed by atoms with E-state index < -0.39 is 0 Å². The van der Waals surface area contributed by atoms with Gasteiger partial charge in [0.05, 0.1) is 5.69 Å². The molecule has 0 spiro atoms. The second-order valence-corrected chi connectivity index (χ2v) is 4.81. The first-order chi connectivity index (χ1) is 6.38. The van der Waals surface area contributed by atoms with Crippen molar-refractivity contribution in [2.75, 3.05) is 6.54 Å². The number of rotatable bonds is 2. The molecule has 1 heterocycles.